The second-order valence-electron chi connectivity index (χ2n) is 4.13. The van der Waals surface area contributed by atoms with Crippen molar-refractivity contribution in [3.63, 3.8) is 0 Å². The summed E-state index contributed by atoms with van der Waals surface area (Å²) in [4.78, 5) is 23.8. The van der Waals surface area contributed by atoms with Gasteiger partial charge in [0.05, 0.1) is 10.6 Å². The summed E-state index contributed by atoms with van der Waals surface area (Å²) in [5, 5.41) is -0.556. The van der Waals surface area contributed by atoms with E-state index in [1.807, 2.05) is 19.1 Å². The fourth-order valence-corrected chi connectivity index (χ4v) is 2.29. The van der Waals surface area contributed by atoms with Gasteiger partial charge < -0.3 is 0 Å². The summed E-state index contributed by atoms with van der Waals surface area (Å²) < 4.78 is 0. The predicted molar refractivity (Wildman–Crippen MR) is 76.2 cm³/mol. The van der Waals surface area contributed by atoms with Crippen LogP contribution in [0.3, 0.4) is 0 Å². The maximum Gasteiger partial charge on any atom is 0.254 e. The lowest BCUT2D eigenvalue weighted by Gasteiger charge is -2.07. The van der Waals surface area contributed by atoms with Gasteiger partial charge in [0.1, 0.15) is 0 Å². The molecule has 96 valence electrons. The number of hydrogen-bond donors (Lipinski definition) is 0. The number of rotatable bonds is 3. The van der Waals surface area contributed by atoms with E-state index in [1.54, 1.807) is 24.3 Å². The summed E-state index contributed by atoms with van der Waals surface area (Å²) in [5.74, 6) is -0.272. The minimum absolute atomic E-state index is 0.0522. The summed E-state index contributed by atoms with van der Waals surface area (Å²) in [6.07, 6.45) is 0. The zero-order valence-corrected chi connectivity index (χ0v) is 11.6. The molecule has 0 spiro atoms. The fraction of sp³-hybridized carbons (Fsp3) is 0.0667. The maximum atomic E-state index is 12.4. The average Bonchev–Trinajstić information content (AvgIpc) is 2.38. The number of hydrogen-bond acceptors (Lipinski definition) is 2. The Bertz CT molecular complexity index is 646. The fourth-order valence-electron chi connectivity index (χ4n) is 1.77. The van der Waals surface area contributed by atoms with Crippen LogP contribution in [-0.4, -0.2) is 11.0 Å². The first-order chi connectivity index (χ1) is 9.00. The van der Waals surface area contributed by atoms with Crippen molar-refractivity contribution in [2.75, 3.05) is 0 Å². The molecule has 2 rings (SSSR count). The molecule has 0 saturated carbocycles. The Morgan fingerprint density at radius 3 is 2.21 bits per heavy atom. The van der Waals surface area contributed by atoms with Gasteiger partial charge in [-0.05, 0) is 24.6 Å². The van der Waals surface area contributed by atoms with Crippen LogP contribution >= 0.6 is 23.2 Å². The minimum atomic E-state index is -0.735. The van der Waals surface area contributed by atoms with Crippen molar-refractivity contribution in [1.82, 2.24) is 0 Å². The lowest BCUT2D eigenvalue weighted by atomic mass is 9.98. The van der Waals surface area contributed by atoms with E-state index in [4.69, 9.17) is 23.2 Å². The van der Waals surface area contributed by atoms with Crippen molar-refractivity contribution in [2.24, 2.45) is 0 Å². The van der Waals surface area contributed by atoms with Crippen LogP contribution in [-0.2, 0) is 0 Å². The molecule has 0 aliphatic rings. The quantitative estimate of drug-likeness (QED) is 0.626. The Labute approximate surface area is 121 Å². The Hall–Kier alpha value is -1.64. The second kappa shape index (κ2) is 5.55. The zero-order valence-electron chi connectivity index (χ0n) is 10.1. The van der Waals surface area contributed by atoms with E-state index < -0.39 is 5.24 Å². The highest BCUT2D eigenvalue weighted by Gasteiger charge is 2.19. The predicted octanol–water partition coefficient (Wildman–Crippen LogP) is 4.26. The van der Waals surface area contributed by atoms with Gasteiger partial charge in [-0.25, -0.2) is 0 Å². The number of ketones is 1. The number of carbonyl (C=O) groups excluding carboxylic acids is 2. The number of aryl methyl sites for hydroxylation is 1. The molecular formula is C15H10Cl2O2. The first-order valence-corrected chi connectivity index (χ1v) is 6.36. The molecule has 2 nitrogen and oxygen atoms in total. The lowest BCUT2D eigenvalue weighted by Crippen LogP contribution is -2.08. The Kier molecular flexibility index (Phi) is 4.03. The van der Waals surface area contributed by atoms with Gasteiger partial charge in [-0.1, -0.05) is 53.6 Å². The summed E-state index contributed by atoms with van der Waals surface area (Å²) in [6, 6.07) is 11.8. The van der Waals surface area contributed by atoms with Crippen molar-refractivity contribution in [1.29, 1.82) is 0 Å². The van der Waals surface area contributed by atoms with E-state index in [1.165, 1.54) is 6.07 Å². The molecule has 4 heteroatoms. The molecule has 0 atom stereocenters. The van der Waals surface area contributed by atoms with Crippen LogP contribution in [0, 0.1) is 6.92 Å². The first-order valence-electron chi connectivity index (χ1n) is 5.60. The van der Waals surface area contributed by atoms with Crippen molar-refractivity contribution >= 4 is 34.2 Å². The van der Waals surface area contributed by atoms with E-state index >= 15 is 0 Å². The van der Waals surface area contributed by atoms with Crippen LogP contribution < -0.4 is 0 Å². The summed E-state index contributed by atoms with van der Waals surface area (Å²) in [5.41, 5.74) is 1.82. The van der Waals surface area contributed by atoms with Crippen LogP contribution in [0.25, 0.3) is 0 Å². The van der Waals surface area contributed by atoms with Crippen LogP contribution in [0.5, 0.6) is 0 Å². The summed E-state index contributed by atoms with van der Waals surface area (Å²) in [7, 11) is 0. The summed E-state index contributed by atoms with van der Waals surface area (Å²) >= 11 is 11.4. The van der Waals surface area contributed by atoms with Crippen LogP contribution in [0.4, 0.5) is 0 Å². The first kappa shape index (κ1) is 13.8. The Morgan fingerprint density at radius 1 is 1.00 bits per heavy atom. The molecule has 0 amide bonds. The molecule has 0 saturated heterocycles. The van der Waals surface area contributed by atoms with Crippen molar-refractivity contribution in [2.45, 2.75) is 6.92 Å². The van der Waals surface area contributed by atoms with Gasteiger partial charge in [0, 0.05) is 11.1 Å². The number of carbonyl (C=O) groups is 2. The average molecular weight is 293 g/mol. The third-order valence-electron chi connectivity index (χ3n) is 2.77. The van der Waals surface area contributed by atoms with Gasteiger partial charge in [0.25, 0.3) is 5.24 Å². The monoisotopic (exact) mass is 292 g/mol. The second-order valence-corrected chi connectivity index (χ2v) is 4.88. The Morgan fingerprint density at radius 2 is 1.63 bits per heavy atom. The van der Waals surface area contributed by atoms with Gasteiger partial charge in [-0.3, -0.25) is 9.59 Å². The smallest absolute Gasteiger partial charge is 0.254 e. The highest BCUT2D eigenvalue weighted by atomic mass is 35.5. The summed E-state index contributed by atoms with van der Waals surface area (Å²) in [6.45, 7) is 1.93. The molecule has 0 N–H and O–H groups in total. The maximum absolute atomic E-state index is 12.4. The van der Waals surface area contributed by atoms with E-state index in [-0.39, 0.29) is 21.9 Å². The molecule has 2 aromatic rings. The van der Waals surface area contributed by atoms with Gasteiger partial charge in [-0.15, -0.1) is 0 Å². The molecule has 0 aromatic heterocycles. The lowest BCUT2D eigenvalue weighted by molar-refractivity contribution is 0.102. The van der Waals surface area contributed by atoms with Crippen LogP contribution in [0.15, 0.2) is 42.5 Å². The van der Waals surface area contributed by atoms with E-state index in [0.29, 0.717) is 5.56 Å². The largest absolute Gasteiger partial charge is 0.289 e. The van der Waals surface area contributed by atoms with Crippen LogP contribution in [0.1, 0.15) is 31.8 Å². The van der Waals surface area contributed by atoms with Gasteiger partial charge in [0.2, 0.25) is 0 Å². The topological polar surface area (TPSA) is 34.1 Å². The molecule has 2 aromatic carbocycles. The van der Waals surface area contributed by atoms with Crippen molar-refractivity contribution < 1.29 is 9.59 Å². The third-order valence-corrected chi connectivity index (χ3v) is 3.27. The standard InChI is InChI=1S/C15H10Cl2O2/c1-9-5-7-10(8-6-9)14(18)11-3-2-4-12(16)13(11)15(17)19/h2-8H,1H3. The highest BCUT2D eigenvalue weighted by Crippen LogP contribution is 2.24. The molecule has 0 aliphatic heterocycles. The van der Waals surface area contributed by atoms with Gasteiger partial charge >= 0.3 is 0 Å². The Balaban J connectivity index is 2.53. The third kappa shape index (κ3) is 2.86. The van der Waals surface area contributed by atoms with Gasteiger partial charge in [0.15, 0.2) is 5.78 Å². The molecule has 0 aliphatic carbocycles. The van der Waals surface area contributed by atoms with E-state index in [9.17, 15) is 9.59 Å². The van der Waals surface area contributed by atoms with Crippen LogP contribution in [0.2, 0.25) is 5.02 Å². The molecule has 0 fully saturated rings. The molecule has 0 bridgehead atoms. The van der Waals surface area contributed by atoms with Gasteiger partial charge in [-0.2, -0.15) is 0 Å². The molecular weight excluding hydrogens is 283 g/mol. The number of benzene rings is 2. The molecule has 0 unspecified atom stereocenters. The van der Waals surface area contributed by atoms with E-state index in [0.717, 1.165) is 5.56 Å². The van der Waals surface area contributed by atoms with Crippen molar-refractivity contribution in [3.8, 4) is 0 Å². The normalized spacial score (nSPS) is 10.3. The number of halogens is 2. The SMILES string of the molecule is Cc1ccc(C(=O)c2cccc(Cl)c2C(=O)Cl)cc1. The highest BCUT2D eigenvalue weighted by molar-refractivity contribution is 6.69. The molecule has 0 heterocycles. The molecule has 0 radical (unpaired) electrons. The minimum Gasteiger partial charge on any atom is -0.289 e. The zero-order chi connectivity index (χ0) is 14.0. The molecule has 19 heavy (non-hydrogen) atoms. The van der Waals surface area contributed by atoms with Crippen molar-refractivity contribution in [3.05, 3.63) is 69.7 Å². The van der Waals surface area contributed by atoms with E-state index in [2.05, 4.69) is 0 Å².